The molecule has 0 spiro atoms. The van der Waals surface area contributed by atoms with Crippen LogP contribution in [-0.4, -0.2) is 31.5 Å². The van der Waals surface area contributed by atoms with E-state index in [0.717, 1.165) is 0 Å². The fourth-order valence-corrected chi connectivity index (χ4v) is 3.98. The largest absolute Gasteiger partial charge is 0.402 e. The lowest BCUT2D eigenvalue weighted by Gasteiger charge is -2.23. The minimum absolute atomic E-state index is 0.199. The molecule has 1 aromatic carbocycles. The SMILES string of the molecule is Nc1ccc(S(=O)(=O)N(CC(F)(F)F)C2CC2)cc1Br. The van der Waals surface area contributed by atoms with Crippen LogP contribution in [-0.2, 0) is 10.0 Å². The van der Waals surface area contributed by atoms with Crippen LogP contribution in [0.3, 0.4) is 0 Å². The Kier molecular flexibility index (Phi) is 4.05. The second-order valence-corrected chi connectivity index (χ2v) is 7.32. The summed E-state index contributed by atoms with van der Waals surface area (Å²) in [6.07, 6.45) is -3.67. The predicted octanol–water partition coefficient (Wildman–Crippen LogP) is 2.75. The third-order valence-electron chi connectivity index (χ3n) is 2.87. The van der Waals surface area contributed by atoms with Crippen molar-refractivity contribution in [3.05, 3.63) is 22.7 Å². The number of halogens is 4. The molecule has 112 valence electrons. The van der Waals surface area contributed by atoms with Gasteiger partial charge in [-0.05, 0) is 47.0 Å². The average Bonchev–Trinajstić information content (AvgIpc) is 3.12. The summed E-state index contributed by atoms with van der Waals surface area (Å²) in [5.74, 6) is 0. The van der Waals surface area contributed by atoms with Crippen LogP contribution in [0.4, 0.5) is 18.9 Å². The molecule has 4 nitrogen and oxygen atoms in total. The van der Waals surface area contributed by atoms with Crippen molar-refractivity contribution in [2.75, 3.05) is 12.3 Å². The van der Waals surface area contributed by atoms with Gasteiger partial charge in [0, 0.05) is 16.2 Å². The molecule has 1 aromatic rings. The number of hydrogen-bond acceptors (Lipinski definition) is 3. The van der Waals surface area contributed by atoms with Crippen LogP contribution in [0.2, 0.25) is 0 Å². The Hall–Kier alpha value is -0.800. The van der Waals surface area contributed by atoms with Gasteiger partial charge in [-0.1, -0.05) is 0 Å². The fraction of sp³-hybridized carbons (Fsp3) is 0.455. The van der Waals surface area contributed by atoms with Crippen LogP contribution in [0.25, 0.3) is 0 Å². The molecule has 0 saturated heterocycles. The lowest BCUT2D eigenvalue weighted by molar-refractivity contribution is -0.137. The lowest BCUT2D eigenvalue weighted by atomic mass is 10.3. The molecular weight excluding hydrogens is 361 g/mol. The minimum Gasteiger partial charge on any atom is -0.398 e. The van der Waals surface area contributed by atoms with Crippen LogP contribution < -0.4 is 5.73 Å². The highest BCUT2D eigenvalue weighted by molar-refractivity contribution is 9.10. The van der Waals surface area contributed by atoms with Gasteiger partial charge < -0.3 is 5.73 Å². The Bertz CT molecular complexity index is 615. The van der Waals surface area contributed by atoms with E-state index in [9.17, 15) is 21.6 Å². The van der Waals surface area contributed by atoms with E-state index < -0.39 is 28.8 Å². The third kappa shape index (κ3) is 3.44. The Labute approximate surface area is 122 Å². The van der Waals surface area contributed by atoms with Crippen molar-refractivity contribution in [2.24, 2.45) is 0 Å². The Morgan fingerprint density at radius 1 is 1.35 bits per heavy atom. The number of nitrogens with two attached hydrogens (primary N) is 1. The fourth-order valence-electron chi connectivity index (χ4n) is 1.75. The molecule has 0 bridgehead atoms. The van der Waals surface area contributed by atoms with Crippen LogP contribution in [0.5, 0.6) is 0 Å². The highest BCUT2D eigenvalue weighted by Crippen LogP contribution is 2.35. The second-order valence-electron chi connectivity index (χ2n) is 4.58. The maximum Gasteiger partial charge on any atom is 0.402 e. The smallest absolute Gasteiger partial charge is 0.398 e. The van der Waals surface area contributed by atoms with Gasteiger partial charge in [0.1, 0.15) is 6.54 Å². The molecule has 20 heavy (non-hydrogen) atoms. The number of anilines is 1. The second kappa shape index (κ2) is 5.19. The van der Waals surface area contributed by atoms with E-state index in [1.54, 1.807) is 0 Å². The molecule has 1 saturated carbocycles. The van der Waals surface area contributed by atoms with Crippen molar-refractivity contribution < 1.29 is 21.6 Å². The summed E-state index contributed by atoms with van der Waals surface area (Å²) in [5.41, 5.74) is 5.86. The molecule has 1 aliphatic carbocycles. The molecule has 0 heterocycles. The van der Waals surface area contributed by atoms with E-state index >= 15 is 0 Å². The van der Waals surface area contributed by atoms with E-state index in [1.165, 1.54) is 18.2 Å². The Morgan fingerprint density at radius 3 is 2.40 bits per heavy atom. The summed E-state index contributed by atoms with van der Waals surface area (Å²) in [4.78, 5) is -0.199. The first-order valence-corrected chi connectivity index (χ1v) is 7.98. The summed E-state index contributed by atoms with van der Waals surface area (Å²) in [6, 6.07) is 3.20. The number of hydrogen-bond donors (Lipinski definition) is 1. The van der Waals surface area contributed by atoms with E-state index in [-0.39, 0.29) is 4.90 Å². The van der Waals surface area contributed by atoms with Crippen LogP contribution in [0.1, 0.15) is 12.8 Å². The van der Waals surface area contributed by atoms with Gasteiger partial charge in [0.2, 0.25) is 10.0 Å². The molecule has 0 radical (unpaired) electrons. The van der Waals surface area contributed by atoms with Gasteiger partial charge in [-0.25, -0.2) is 8.42 Å². The quantitative estimate of drug-likeness (QED) is 0.826. The van der Waals surface area contributed by atoms with E-state index in [0.29, 0.717) is 27.3 Å². The van der Waals surface area contributed by atoms with E-state index in [2.05, 4.69) is 15.9 Å². The van der Waals surface area contributed by atoms with Gasteiger partial charge in [0.05, 0.1) is 4.90 Å². The van der Waals surface area contributed by atoms with Gasteiger partial charge in [0.25, 0.3) is 0 Å². The maximum absolute atomic E-state index is 12.5. The number of rotatable bonds is 4. The van der Waals surface area contributed by atoms with Crippen LogP contribution >= 0.6 is 15.9 Å². The van der Waals surface area contributed by atoms with Crippen molar-refractivity contribution in [2.45, 2.75) is 30.0 Å². The predicted molar refractivity (Wildman–Crippen MR) is 71.5 cm³/mol. The van der Waals surface area contributed by atoms with Gasteiger partial charge >= 0.3 is 6.18 Å². The van der Waals surface area contributed by atoms with E-state index in [1.807, 2.05) is 0 Å². The first kappa shape index (κ1) is 15.6. The number of nitrogen functional groups attached to an aromatic ring is 1. The zero-order valence-electron chi connectivity index (χ0n) is 10.2. The summed E-state index contributed by atoms with van der Waals surface area (Å²) in [6.45, 7) is -1.47. The van der Waals surface area contributed by atoms with Crippen molar-refractivity contribution >= 4 is 31.6 Å². The highest BCUT2D eigenvalue weighted by atomic mass is 79.9. The molecule has 1 fully saturated rings. The van der Waals surface area contributed by atoms with Crippen molar-refractivity contribution in [3.63, 3.8) is 0 Å². The standard InChI is InChI=1S/C11H12BrF3N2O2S/c12-9-5-8(3-4-10(9)16)20(18,19)17(7-1-2-7)6-11(13,14)15/h3-5,7H,1-2,6,16H2. The van der Waals surface area contributed by atoms with Gasteiger partial charge in [-0.15, -0.1) is 0 Å². The van der Waals surface area contributed by atoms with Gasteiger partial charge in [-0.3, -0.25) is 0 Å². The first-order valence-electron chi connectivity index (χ1n) is 5.75. The molecule has 2 N–H and O–H groups in total. The molecular formula is C11H12BrF3N2O2S. The van der Waals surface area contributed by atoms with Gasteiger partial charge in [0.15, 0.2) is 0 Å². The zero-order chi connectivity index (χ0) is 15.1. The van der Waals surface area contributed by atoms with Crippen LogP contribution in [0, 0.1) is 0 Å². The summed E-state index contributed by atoms with van der Waals surface area (Å²) in [7, 11) is -4.18. The van der Waals surface area contributed by atoms with Crippen molar-refractivity contribution in [1.82, 2.24) is 4.31 Å². The molecule has 0 aromatic heterocycles. The topological polar surface area (TPSA) is 63.4 Å². The number of nitrogens with zero attached hydrogens (tertiary/aromatic N) is 1. The Balaban J connectivity index is 2.37. The minimum atomic E-state index is -4.57. The molecule has 9 heteroatoms. The van der Waals surface area contributed by atoms with Gasteiger partial charge in [-0.2, -0.15) is 17.5 Å². The number of sulfonamides is 1. The maximum atomic E-state index is 12.5. The van der Waals surface area contributed by atoms with E-state index in [4.69, 9.17) is 5.73 Å². The normalized spacial score (nSPS) is 16.6. The molecule has 0 unspecified atom stereocenters. The molecule has 1 aliphatic rings. The third-order valence-corrected chi connectivity index (χ3v) is 5.45. The highest BCUT2D eigenvalue weighted by Gasteiger charge is 2.44. The monoisotopic (exact) mass is 372 g/mol. The van der Waals surface area contributed by atoms with Crippen molar-refractivity contribution in [1.29, 1.82) is 0 Å². The summed E-state index contributed by atoms with van der Waals surface area (Å²) >= 11 is 3.07. The van der Waals surface area contributed by atoms with Crippen molar-refractivity contribution in [3.8, 4) is 0 Å². The average molecular weight is 373 g/mol. The molecule has 0 aliphatic heterocycles. The molecule has 0 amide bonds. The summed E-state index contributed by atoms with van der Waals surface area (Å²) in [5, 5.41) is 0. The first-order chi connectivity index (χ1) is 9.11. The molecule has 0 atom stereocenters. The number of benzene rings is 1. The summed E-state index contributed by atoms with van der Waals surface area (Å²) < 4.78 is 63.1. The zero-order valence-corrected chi connectivity index (χ0v) is 12.6. The Morgan fingerprint density at radius 2 is 1.95 bits per heavy atom. The number of alkyl halides is 3. The molecule has 2 rings (SSSR count). The van der Waals surface area contributed by atoms with Crippen LogP contribution in [0.15, 0.2) is 27.6 Å². The lowest BCUT2D eigenvalue weighted by Crippen LogP contribution is -2.40.